The molecule has 0 aliphatic rings. The Morgan fingerprint density at radius 1 is 1.45 bits per heavy atom. The van der Waals surface area contributed by atoms with Gasteiger partial charge in [-0.2, -0.15) is 0 Å². The summed E-state index contributed by atoms with van der Waals surface area (Å²) in [5.41, 5.74) is 0.608. The van der Waals surface area contributed by atoms with E-state index in [1.165, 1.54) is 30.4 Å². The zero-order valence-electron chi connectivity index (χ0n) is 11.0. The lowest BCUT2D eigenvalue weighted by atomic mass is 10.2. The van der Waals surface area contributed by atoms with Crippen LogP contribution in [0.2, 0.25) is 5.02 Å². The van der Waals surface area contributed by atoms with E-state index in [1.54, 1.807) is 6.92 Å². The topological polar surface area (TPSA) is 55.4 Å². The van der Waals surface area contributed by atoms with Crippen molar-refractivity contribution in [2.24, 2.45) is 0 Å². The first-order valence-corrected chi connectivity index (χ1v) is 6.47. The average molecular weight is 300 g/mol. The second-order valence-electron chi connectivity index (χ2n) is 3.85. The highest BCUT2D eigenvalue weighted by Gasteiger charge is 2.02. The molecule has 0 atom stereocenters. The molecule has 0 spiro atoms. The molecule has 0 unspecified atom stereocenters. The Morgan fingerprint density at radius 2 is 2.20 bits per heavy atom. The van der Waals surface area contributed by atoms with Gasteiger partial charge in [-0.05, 0) is 30.7 Å². The smallest absolute Gasteiger partial charge is 0.307 e. The van der Waals surface area contributed by atoms with Crippen molar-refractivity contribution in [3.63, 3.8) is 0 Å². The molecule has 0 fully saturated rings. The van der Waals surface area contributed by atoms with Crippen LogP contribution in [0.5, 0.6) is 0 Å². The van der Waals surface area contributed by atoms with E-state index in [0.717, 1.165) is 0 Å². The predicted molar refractivity (Wildman–Crippen MR) is 74.7 cm³/mol. The van der Waals surface area contributed by atoms with Gasteiger partial charge in [-0.3, -0.25) is 9.59 Å². The van der Waals surface area contributed by atoms with Crippen LogP contribution in [0.3, 0.4) is 0 Å². The van der Waals surface area contributed by atoms with Gasteiger partial charge in [0.25, 0.3) is 0 Å². The first kappa shape index (κ1) is 16.2. The van der Waals surface area contributed by atoms with Crippen LogP contribution in [0, 0.1) is 5.82 Å². The molecule has 0 bridgehead atoms. The zero-order chi connectivity index (χ0) is 15.0. The van der Waals surface area contributed by atoms with Gasteiger partial charge in [0.15, 0.2) is 0 Å². The standard InChI is InChI=1S/C14H15ClFNO3/c1-2-20-14(19)7-8-17-13(18)6-4-10-3-5-12(16)11(15)9-10/h3-6,9H,2,7-8H2,1H3,(H,17,18). The monoisotopic (exact) mass is 299 g/mol. The summed E-state index contributed by atoms with van der Waals surface area (Å²) >= 11 is 5.62. The molecule has 20 heavy (non-hydrogen) atoms. The Kier molecular flexibility index (Phi) is 6.73. The van der Waals surface area contributed by atoms with Gasteiger partial charge in [0.1, 0.15) is 5.82 Å². The number of rotatable bonds is 6. The van der Waals surface area contributed by atoms with E-state index in [4.69, 9.17) is 16.3 Å². The van der Waals surface area contributed by atoms with Gasteiger partial charge in [0.05, 0.1) is 18.1 Å². The van der Waals surface area contributed by atoms with Crippen LogP contribution in [-0.4, -0.2) is 25.0 Å². The van der Waals surface area contributed by atoms with Crippen molar-refractivity contribution in [2.75, 3.05) is 13.2 Å². The van der Waals surface area contributed by atoms with Crippen LogP contribution in [0.15, 0.2) is 24.3 Å². The van der Waals surface area contributed by atoms with E-state index in [9.17, 15) is 14.0 Å². The van der Waals surface area contributed by atoms with Crippen LogP contribution in [-0.2, 0) is 14.3 Å². The summed E-state index contributed by atoms with van der Waals surface area (Å²) in [6, 6.07) is 4.14. The van der Waals surface area contributed by atoms with Gasteiger partial charge in [0.2, 0.25) is 5.91 Å². The minimum absolute atomic E-state index is 0.00475. The van der Waals surface area contributed by atoms with E-state index in [0.29, 0.717) is 12.2 Å². The number of amides is 1. The average Bonchev–Trinajstić information content (AvgIpc) is 2.40. The van der Waals surface area contributed by atoms with E-state index >= 15 is 0 Å². The quantitative estimate of drug-likeness (QED) is 0.649. The number of carbonyl (C=O) groups excluding carboxylic acids is 2. The Hall–Kier alpha value is -1.88. The van der Waals surface area contributed by atoms with E-state index in [1.807, 2.05) is 0 Å². The van der Waals surface area contributed by atoms with Crippen LogP contribution in [0.1, 0.15) is 18.9 Å². The van der Waals surface area contributed by atoms with Crippen LogP contribution < -0.4 is 5.32 Å². The van der Waals surface area contributed by atoms with Gasteiger partial charge < -0.3 is 10.1 Å². The molecule has 6 heteroatoms. The van der Waals surface area contributed by atoms with Gasteiger partial charge in [-0.15, -0.1) is 0 Å². The molecule has 0 saturated heterocycles. The van der Waals surface area contributed by atoms with Crippen molar-refractivity contribution in [1.82, 2.24) is 5.32 Å². The maximum Gasteiger partial charge on any atom is 0.307 e. The second-order valence-corrected chi connectivity index (χ2v) is 4.26. The Morgan fingerprint density at radius 3 is 2.85 bits per heavy atom. The van der Waals surface area contributed by atoms with Gasteiger partial charge in [0, 0.05) is 12.6 Å². The van der Waals surface area contributed by atoms with Crippen molar-refractivity contribution in [1.29, 1.82) is 0 Å². The predicted octanol–water partition coefficient (Wildman–Crippen LogP) is 2.56. The minimum atomic E-state index is -0.511. The summed E-state index contributed by atoms with van der Waals surface area (Å²) in [5, 5.41) is 2.53. The summed E-state index contributed by atoms with van der Waals surface area (Å²) in [6.07, 6.45) is 2.91. The molecule has 1 aromatic rings. The van der Waals surface area contributed by atoms with Crippen molar-refractivity contribution >= 4 is 29.6 Å². The first-order valence-electron chi connectivity index (χ1n) is 6.09. The molecule has 0 aliphatic heterocycles. The minimum Gasteiger partial charge on any atom is -0.466 e. The molecule has 0 aromatic heterocycles. The Labute approximate surface area is 121 Å². The third-order valence-electron chi connectivity index (χ3n) is 2.30. The van der Waals surface area contributed by atoms with Crippen LogP contribution >= 0.6 is 11.6 Å². The van der Waals surface area contributed by atoms with Crippen molar-refractivity contribution in [3.8, 4) is 0 Å². The number of esters is 1. The van der Waals surface area contributed by atoms with Crippen molar-refractivity contribution in [2.45, 2.75) is 13.3 Å². The fraction of sp³-hybridized carbons (Fsp3) is 0.286. The number of hydrogen-bond donors (Lipinski definition) is 1. The molecule has 0 heterocycles. The lowest BCUT2D eigenvalue weighted by Gasteiger charge is -2.02. The molecule has 1 amide bonds. The van der Waals surface area contributed by atoms with Crippen LogP contribution in [0.4, 0.5) is 4.39 Å². The van der Waals surface area contributed by atoms with E-state index in [2.05, 4.69) is 5.32 Å². The molecule has 1 rings (SSSR count). The Balaban J connectivity index is 2.39. The number of carbonyl (C=O) groups is 2. The molecule has 1 aromatic carbocycles. The molecule has 0 aliphatic carbocycles. The fourth-order valence-electron chi connectivity index (χ4n) is 1.37. The van der Waals surface area contributed by atoms with E-state index < -0.39 is 5.82 Å². The van der Waals surface area contributed by atoms with Gasteiger partial charge >= 0.3 is 5.97 Å². The second kappa shape index (κ2) is 8.32. The third-order valence-corrected chi connectivity index (χ3v) is 2.59. The summed E-state index contributed by atoms with van der Waals surface area (Å²) in [7, 11) is 0. The van der Waals surface area contributed by atoms with Gasteiger partial charge in [-0.25, -0.2) is 4.39 Å². The zero-order valence-corrected chi connectivity index (χ0v) is 11.7. The number of hydrogen-bond acceptors (Lipinski definition) is 3. The Bertz CT molecular complexity index is 517. The van der Waals surface area contributed by atoms with E-state index in [-0.39, 0.29) is 29.9 Å². The summed E-state index contributed by atoms with van der Waals surface area (Å²) < 4.78 is 17.6. The molecular weight excluding hydrogens is 285 g/mol. The number of nitrogens with one attached hydrogen (secondary N) is 1. The molecule has 4 nitrogen and oxygen atoms in total. The molecular formula is C14H15ClFNO3. The highest BCUT2D eigenvalue weighted by Crippen LogP contribution is 2.16. The fourth-order valence-corrected chi connectivity index (χ4v) is 1.56. The first-order chi connectivity index (χ1) is 9.52. The normalized spacial score (nSPS) is 10.6. The lowest BCUT2D eigenvalue weighted by Crippen LogP contribution is -2.24. The largest absolute Gasteiger partial charge is 0.466 e. The third kappa shape index (κ3) is 5.84. The molecule has 0 radical (unpaired) electrons. The lowest BCUT2D eigenvalue weighted by molar-refractivity contribution is -0.142. The molecule has 108 valence electrons. The number of benzene rings is 1. The summed E-state index contributed by atoms with van der Waals surface area (Å²) in [6.45, 7) is 2.23. The maximum absolute atomic E-state index is 12.9. The summed E-state index contributed by atoms with van der Waals surface area (Å²) in [4.78, 5) is 22.5. The van der Waals surface area contributed by atoms with Crippen LogP contribution in [0.25, 0.3) is 6.08 Å². The number of ether oxygens (including phenoxy) is 1. The van der Waals surface area contributed by atoms with Crippen molar-refractivity contribution in [3.05, 3.63) is 40.7 Å². The number of halogens is 2. The van der Waals surface area contributed by atoms with Gasteiger partial charge in [-0.1, -0.05) is 17.7 Å². The highest BCUT2D eigenvalue weighted by atomic mass is 35.5. The molecule has 1 N–H and O–H groups in total. The maximum atomic E-state index is 12.9. The summed E-state index contributed by atoms with van der Waals surface area (Å²) in [5.74, 6) is -1.22. The highest BCUT2D eigenvalue weighted by molar-refractivity contribution is 6.30. The SMILES string of the molecule is CCOC(=O)CCNC(=O)C=Cc1ccc(F)c(Cl)c1. The molecule has 0 saturated carbocycles. The van der Waals surface area contributed by atoms with Crippen molar-refractivity contribution < 1.29 is 18.7 Å².